The first-order valence-corrected chi connectivity index (χ1v) is 6.36. The van der Waals surface area contributed by atoms with E-state index in [0.29, 0.717) is 17.6 Å². The molecule has 2 heterocycles. The van der Waals surface area contributed by atoms with E-state index in [1.54, 1.807) is 0 Å². The second kappa shape index (κ2) is 3.73. The third-order valence-electron chi connectivity index (χ3n) is 4.31. The molecule has 4 nitrogen and oxygen atoms in total. The Hall–Kier alpha value is -1.04. The second-order valence-corrected chi connectivity index (χ2v) is 5.83. The SMILES string of the molecule is CC(C)C1(c2nc(C3CC(F)(F)C3)no2)CNC1. The fourth-order valence-corrected chi connectivity index (χ4v) is 2.65. The summed E-state index contributed by atoms with van der Waals surface area (Å²) in [6, 6.07) is 0. The van der Waals surface area contributed by atoms with E-state index in [9.17, 15) is 8.78 Å². The molecule has 1 aliphatic heterocycles. The number of aromatic nitrogens is 2. The van der Waals surface area contributed by atoms with E-state index in [0.717, 1.165) is 13.1 Å². The zero-order chi connectivity index (χ0) is 13.0. The summed E-state index contributed by atoms with van der Waals surface area (Å²) in [5, 5.41) is 7.10. The maximum Gasteiger partial charge on any atom is 0.249 e. The molecule has 1 saturated carbocycles. The van der Waals surface area contributed by atoms with Crippen LogP contribution >= 0.6 is 0 Å². The zero-order valence-electron chi connectivity index (χ0n) is 10.5. The Morgan fingerprint density at radius 2 is 2.00 bits per heavy atom. The summed E-state index contributed by atoms with van der Waals surface area (Å²) in [5.41, 5.74) is -0.114. The Balaban J connectivity index is 1.78. The van der Waals surface area contributed by atoms with Crippen molar-refractivity contribution in [3.05, 3.63) is 11.7 Å². The Labute approximate surface area is 104 Å². The summed E-state index contributed by atoms with van der Waals surface area (Å²) in [6.45, 7) is 5.85. The molecule has 1 aromatic heterocycles. The van der Waals surface area contributed by atoms with Crippen molar-refractivity contribution in [2.45, 2.75) is 43.9 Å². The van der Waals surface area contributed by atoms with Crippen LogP contribution in [-0.2, 0) is 5.41 Å². The van der Waals surface area contributed by atoms with Crippen LogP contribution in [0.25, 0.3) is 0 Å². The molecule has 3 rings (SSSR count). The molecule has 6 heteroatoms. The lowest BCUT2D eigenvalue weighted by atomic mass is 9.72. The molecular weight excluding hydrogens is 240 g/mol. The molecule has 0 spiro atoms. The Bertz CT molecular complexity index is 446. The highest BCUT2D eigenvalue weighted by molar-refractivity contribution is 5.17. The highest BCUT2D eigenvalue weighted by atomic mass is 19.3. The Kier molecular flexibility index (Phi) is 2.49. The largest absolute Gasteiger partial charge is 0.339 e. The number of nitrogens with one attached hydrogen (secondary N) is 1. The summed E-state index contributed by atoms with van der Waals surface area (Å²) >= 11 is 0. The van der Waals surface area contributed by atoms with Gasteiger partial charge in [0.15, 0.2) is 5.82 Å². The molecule has 0 amide bonds. The van der Waals surface area contributed by atoms with Crippen molar-refractivity contribution in [1.82, 2.24) is 15.5 Å². The van der Waals surface area contributed by atoms with Gasteiger partial charge in [-0.3, -0.25) is 0 Å². The van der Waals surface area contributed by atoms with E-state index in [1.165, 1.54) is 0 Å². The smallest absolute Gasteiger partial charge is 0.249 e. The van der Waals surface area contributed by atoms with Gasteiger partial charge in [-0.05, 0) is 5.92 Å². The third kappa shape index (κ3) is 1.66. The van der Waals surface area contributed by atoms with Gasteiger partial charge in [-0.25, -0.2) is 8.78 Å². The van der Waals surface area contributed by atoms with Gasteiger partial charge in [0.2, 0.25) is 11.8 Å². The Morgan fingerprint density at radius 3 is 2.44 bits per heavy atom. The van der Waals surface area contributed by atoms with Crippen LogP contribution in [0.2, 0.25) is 0 Å². The summed E-state index contributed by atoms with van der Waals surface area (Å²) in [4.78, 5) is 4.36. The molecule has 0 radical (unpaired) electrons. The average molecular weight is 257 g/mol. The lowest BCUT2D eigenvalue weighted by Crippen LogP contribution is -2.60. The number of nitrogens with zero attached hydrogens (tertiary/aromatic N) is 2. The molecule has 2 aliphatic rings. The molecule has 0 bridgehead atoms. The molecule has 2 fully saturated rings. The zero-order valence-corrected chi connectivity index (χ0v) is 10.5. The lowest BCUT2D eigenvalue weighted by molar-refractivity contribution is -0.0888. The maximum atomic E-state index is 12.8. The highest BCUT2D eigenvalue weighted by Crippen LogP contribution is 2.47. The van der Waals surface area contributed by atoms with Crippen LogP contribution < -0.4 is 5.32 Å². The van der Waals surface area contributed by atoms with Crippen molar-refractivity contribution in [2.24, 2.45) is 5.92 Å². The van der Waals surface area contributed by atoms with E-state index < -0.39 is 5.92 Å². The number of halogens is 2. The molecule has 18 heavy (non-hydrogen) atoms. The van der Waals surface area contributed by atoms with Gasteiger partial charge in [0.25, 0.3) is 0 Å². The Morgan fingerprint density at radius 1 is 1.33 bits per heavy atom. The van der Waals surface area contributed by atoms with Crippen molar-refractivity contribution in [1.29, 1.82) is 0 Å². The van der Waals surface area contributed by atoms with Crippen molar-refractivity contribution < 1.29 is 13.3 Å². The lowest BCUT2D eigenvalue weighted by Gasteiger charge is -2.42. The van der Waals surface area contributed by atoms with E-state index in [-0.39, 0.29) is 24.2 Å². The van der Waals surface area contributed by atoms with Crippen LogP contribution in [0.1, 0.15) is 44.3 Å². The normalized spacial score (nSPS) is 25.8. The monoisotopic (exact) mass is 257 g/mol. The highest BCUT2D eigenvalue weighted by Gasteiger charge is 2.50. The summed E-state index contributed by atoms with van der Waals surface area (Å²) in [6.07, 6.45) is -0.308. The van der Waals surface area contributed by atoms with Crippen LogP contribution in [0.15, 0.2) is 4.52 Å². The first-order chi connectivity index (χ1) is 8.43. The van der Waals surface area contributed by atoms with E-state index in [2.05, 4.69) is 29.3 Å². The van der Waals surface area contributed by atoms with Crippen molar-refractivity contribution in [3.8, 4) is 0 Å². The minimum absolute atomic E-state index is 0.114. The molecule has 0 aromatic carbocycles. The summed E-state index contributed by atoms with van der Waals surface area (Å²) in [5.74, 6) is -1.35. The number of rotatable bonds is 3. The second-order valence-electron chi connectivity index (χ2n) is 5.83. The molecular formula is C12H17F2N3O. The van der Waals surface area contributed by atoms with Gasteiger partial charge in [0.05, 0.1) is 5.41 Å². The van der Waals surface area contributed by atoms with Gasteiger partial charge in [0, 0.05) is 31.8 Å². The minimum atomic E-state index is -2.54. The average Bonchev–Trinajstić information content (AvgIpc) is 2.60. The third-order valence-corrected chi connectivity index (χ3v) is 4.31. The van der Waals surface area contributed by atoms with E-state index >= 15 is 0 Å². The van der Waals surface area contributed by atoms with Gasteiger partial charge in [-0.2, -0.15) is 4.98 Å². The standard InChI is InChI=1S/C12H17F2N3O/c1-7(2)11(5-15-6-11)10-16-9(17-18-10)8-3-12(13,14)4-8/h7-8,15H,3-6H2,1-2H3. The van der Waals surface area contributed by atoms with E-state index in [1.807, 2.05) is 0 Å². The van der Waals surface area contributed by atoms with E-state index in [4.69, 9.17) is 4.52 Å². The molecule has 100 valence electrons. The van der Waals surface area contributed by atoms with Crippen molar-refractivity contribution in [3.63, 3.8) is 0 Å². The summed E-state index contributed by atoms with van der Waals surface area (Å²) < 4.78 is 31.0. The van der Waals surface area contributed by atoms with Crippen LogP contribution in [-0.4, -0.2) is 29.2 Å². The van der Waals surface area contributed by atoms with Crippen LogP contribution in [0.5, 0.6) is 0 Å². The van der Waals surface area contributed by atoms with Gasteiger partial charge in [-0.15, -0.1) is 0 Å². The first kappa shape index (κ1) is 12.0. The van der Waals surface area contributed by atoms with Crippen LogP contribution in [0.3, 0.4) is 0 Å². The van der Waals surface area contributed by atoms with Crippen molar-refractivity contribution in [2.75, 3.05) is 13.1 Å². The molecule has 0 atom stereocenters. The first-order valence-electron chi connectivity index (χ1n) is 6.36. The minimum Gasteiger partial charge on any atom is -0.339 e. The van der Waals surface area contributed by atoms with Crippen LogP contribution in [0.4, 0.5) is 8.78 Å². The van der Waals surface area contributed by atoms with Gasteiger partial charge in [0.1, 0.15) is 0 Å². The molecule has 1 aliphatic carbocycles. The number of hydrogen-bond donors (Lipinski definition) is 1. The van der Waals surface area contributed by atoms with Crippen LogP contribution in [0, 0.1) is 5.92 Å². The predicted octanol–water partition coefficient (Wildman–Crippen LogP) is 2.08. The molecule has 0 unspecified atom stereocenters. The fourth-order valence-electron chi connectivity index (χ4n) is 2.65. The fraction of sp³-hybridized carbons (Fsp3) is 0.833. The van der Waals surface area contributed by atoms with Gasteiger partial charge >= 0.3 is 0 Å². The maximum absolute atomic E-state index is 12.8. The quantitative estimate of drug-likeness (QED) is 0.900. The topological polar surface area (TPSA) is 51.0 Å². The van der Waals surface area contributed by atoms with Crippen molar-refractivity contribution >= 4 is 0 Å². The molecule has 1 N–H and O–H groups in total. The van der Waals surface area contributed by atoms with Gasteiger partial charge in [-0.1, -0.05) is 19.0 Å². The van der Waals surface area contributed by atoms with Gasteiger partial charge < -0.3 is 9.84 Å². The number of hydrogen-bond acceptors (Lipinski definition) is 4. The number of alkyl halides is 2. The molecule has 1 saturated heterocycles. The molecule has 1 aromatic rings. The predicted molar refractivity (Wildman–Crippen MR) is 60.6 cm³/mol. The summed E-state index contributed by atoms with van der Waals surface area (Å²) in [7, 11) is 0.